The first-order valence-electron chi connectivity index (χ1n) is 6.60. The van der Waals surface area contributed by atoms with Crippen LogP contribution >= 0.6 is 0 Å². The van der Waals surface area contributed by atoms with Gasteiger partial charge < -0.3 is 14.6 Å². The molecule has 0 saturated carbocycles. The molecule has 1 N–H and O–H groups in total. The van der Waals surface area contributed by atoms with E-state index in [1.54, 1.807) is 7.11 Å². The van der Waals surface area contributed by atoms with Gasteiger partial charge in [0, 0.05) is 7.11 Å². The van der Waals surface area contributed by atoms with Crippen molar-refractivity contribution in [3.05, 3.63) is 47.5 Å². The first kappa shape index (κ1) is 15.9. The maximum Gasteiger partial charge on any atom is 0.146 e. The summed E-state index contributed by atoms with van der Waals surface area (Å²) in [5.41, 5.74) is 2.13. The Morgan fingerprint density at radius 2 is 2.00 bits per heavy atom. The quantitative estimate of drug-likeness (QED) is 0.445. The Morgan fingerprint density at radius 1 is 1.32 bits per heavy atom. The largest absolute Gasteiger partial charge is 0.388 e. The molecule has 0 aromatic heterocycles. The molecule has 19 heavy (non-hydrogen) atoms. The number of methoxy groups -OCH3 is 1. The SMILES string of the molecule is COCOC[C@H](C)/C=C(/C)C[C@H](O)c1ccccc1. The second kappa shape index (κ2) is 8.86. The van der Waals surface area contributed by atoms with Gasteiger partial charge in [-0.1, -0.05) is 48.9 Å². The van der Waals surface area contributed by atoms with Crippen LogP contribution in [0.3, 0.4) is 0 Å². The van der Waals surface area contributed by atoms with Crippen molar-refractivity contribution >= 4 is 0 Å². The van der Waals surface area contributed by atoms with Gasteiger partial charge in [-0.2, -0.15) is 0 Å². The number of hydrogen-bond donors (Lipinski definition) is 1. The molecule has 3 heteroatoms. The van der Waals surface area contributed by atoms with Crippen LogP contribution in [0.2, 0.25) is 0 Å². The minimum atomic E-state index is -0.440. The summed E-state index contributed by atoms with van der Waals surface area (Å²) < 4.78 is 10.1. The Labute approximate surface area is 115 Å². The van der Waals surface area contributed by atoms with E-state index in [2.05, 4.69) is 13.0 Å². The van der Waals surface area contributed by atoms with Crippen molar-refractivity contribution in [3.8, 4) is 0 Å². The van der Waals surface area contributed by atoms with Crippen molar-refractivity contribution < 1.29 is 14.6 Å². The maximum atomic E-state index is 10.1. The fraction of sp³-hybridized carbons (Fsp3) is 0.500. The van der Waals surface area contributed by atoms with Crippen LogP contribution in [-0.4, -0.2) is 25.6 Å². The zero-order valence-corrected chi connectivity index (χ0v) is 12.0. The van der Waals surface area contributed by atoms with Crippen LogP contribution < -0.4 is 0 Å². The van der Waals surface area contributed by atoms with Crippen LogP contribution in [0.5, 0.6) is 0 Å². The Balaban J connectivity index is 2.42. The van der Waals surface area contributed by atoms with Crippen molar-refractivity contribution in [2.24, 2.45) is 5.92 Å². The smallest absolute Gasteiger partial charge is 0.146 e. The summed E-state index contributed by atoms with van der Waals surface area (Å²) in [5, 5.41) is 10.1. The van der Waals surface area contributed by atoms with E-state index in [-0.39, 0.29) is 0 Å². The van der Waals surface area contributed by atoms with Crippen LogP contribution in [-0.2, 0) is 9.47 Å². The van der Waals surface area contributed by atoms with E-state index in [1.807, 2.05) is 37.3 Å². The number of rotatable bonds is 8. The molecule has 2 atom stereocenters. The zero-order chi connectivity index (χ0) is 14.1. The number of ether oxygens (including phenoxy) is 2. The van der Waals surface area contributed by atoms with Gasteiger partial charge in [0.05, 0.1) is 12.7 Å². The van der Waals surface area contributed by atoms with Gasteiger partial charge >= 0.3 is 0 Å². The predicted octanol–water partition coefficient (Wildman–Crippen LogP) is 3.31. The van der Waals surface area contributed by atoms with Gasteiger partial charge in [-0.3, -0.25) is 0 Å². The summed E-state index contributed by atoms with van der Waals surface area (Å²) in [6.07, 6.45) is 2.35. The molecule has 0 spiro atoms. The van der Waals surface area contributed by atoms with Crippen LogP contribution in [0.1, 0.15) is 31.9 Å². The van der Waals surface area contributed by atoms with Gasteiger partial charge in [-0.25, -0.2) is 0 Å². The maximum absolute atomic E-state index is 10.1. The Kier molecular flexibility index (Phi) is 7.41. The molecule has 0 aliphatic carbocycles. The molecule has 1 aromatic rings. The van der Waals surface area contributed by atoms with E-state index in [4.69, 9.17) is 9.47 Å². The van der Waals surface area contributed by atoms with Gasteiger partial charge in [-0.05, 0) is 24.8 Å². The van der Waals surface area contributed by atoms with Gasteiger partial charge in [0.25, 0.3) is 0 Å². The van der Waals surface area contributed by atoms with E-state index in [1.165, 1.54) is 5.57 Å². The van der Waals surface area contributed by atoms with E-state index < -0.39 is 6.10 Å². The minimum absolute atomic E-state index is 0.318. The highest BCUT2D eigenvalue weighted by molar-refractivity contribution is 5.19. The standard InChI is InChI=1S/C16H24O3/c1-13(9-14(2)11-19-12-18-3)10-16(17)15-7-5-4-6-8-15/h4-9,14,16-17H,10-12H2,1-3H3/b13-9-/t14-,16+/m1/s1. The first-order chi connectivity index (χ1) is 9.13. The highest BCUT2D eigenvalue weighted by Gasteiger charge is 2.08. The minimum Gasteiger partial charge on any atom is -0.388 e. The number of aliphatic hydroxyl groups is 1. The third kappa shape index (κ3) is 6.53. The van der Waals surface area contributed by atoms with Crippen molar-refractivity contribution in [2.45, 2.75) is 26.4 Å². The molecule has 0 saturated heterocycles. The fourth-order valence-electron chi connectivity index (χ4n) is 2.02. The molecule has 0 unspecified atom stereocenters. The molecule has 0 aliphatic rings. The number of benzene rings is 1. The number of hydrogen-bond acceptors (Lipinski definition) is 3. The highest BCUT2D eigenvalue weighted by atomic mass is 16.7. The Hall–Kier alpha value is -1.16. The van der Waals surface area contributed by atoms with Gasteiger partial charge in [0.2, 0.25) is 0 Å². The molecule has 0 fully saturated rings. The Bertz CT molecular complexity index is 373. The van der Waals surface area contributed by atoms with Crippen LogP contribution in [0.25, 0.3) is 0 Å². The third-order valence-corrected chi connectivity index (χ3v) is 2.85. The molecule has 0 heterocycles. The van der Waals surface area contributed by atoms with Crippen LogP contribution in [0.4, 0.5) is 0 Å². The predicted molar refractivity (Wildman–Crippen MR) is 76.8 cm³/mol. The summed E-state index contributed by atoms with van der Waals surface area (Å²) in [6, 6.07) is 9.73. The van der Waals surface area contributed by atoms with Crippen LogP contribution in [0, 0.1) is 5.92 Å². The lowest BCUT2D eigenvalue weighted by Crippen LogP contribution is -2.06. The second-order valence-corrected chi connectivity index (χ2v) is 4.90. The fourth-order valence-corrected chi connectivity index (χ4v) is 2.02. The van der Waals surface area contributed by atoms with E-state index in [0.29, 0.717) is 25.7 Å². The molecule has 0 radical (unpaired) electrons. The van der Waals surface area contributed by atoms with E-state index in [0.717, 1.165) is 5.56 Å². The lowest BCUT2D eigenvalue weighted by Gasteiger charge is -2.13. The normalized spacial score (nSPS) is 15.3. The monoisotopic (exact) mass is 264 g/mol. The van der Waals surface area contributed by atoms with Crippen molar-refractivity contribution in [1.82, 2.24) is 0 Å². The summed E-state index contributed by atoms with van der Waals surface area (Å²) >= 11 is 0. The summed E-state index contributed by atoms with van der Waals surface area (Å²) in [5.74, 6) is 0.318. The molecule has 0 bridgehead atoms. The molecule has 1 rings (SSSR count). The molecular weight excluding hydrogens is 240 g/mol. The molecule has 0 aliphatic heterocycles. The lowest BCUT2D eigenvalue weighted by atomic mass is 10.00. The number of aliphatic hydroxyl groups excluding tert-OH is 1. The topological polar surface area (TPSA) is 38.7 Å². The molecule has 0 amide bonds. The average molecular weight is 264 g/mol. The summed E-state index contributed by atoms with van der Waals surface area (Å²) in [6.45, 7) is 5.09. The molecule has 3 nitrogen and oxygen atoms in total. The second-order valence-electron chi connectivity index (χ2n) is 4.90. The summed E-state index contributed by atoms with van der Waals surface area (Å²) in [4.78, 5) is 0. The Morgan fingerprint density at radius 3 is 2.63 bits per heavy atom. The van der Waals surface area contributed by atoms with Gasteiger partial charge in [0.1, 0.15) is 6.79 Å². The third-order valence-electron chi connectivity index (χ3n) is 2.85. The van der Waals surface area contributed by atoms with Crippen molar-refractivity contribution in [1.29, 1.82) is 0 Å². The summed E-state index contributed by atoms with van der Waals surface area (Å²) in [7, 11) is 1.61. The van der Waals surface area contributed by atoms with Gasteiger partial charge in [-0.15, -0.1) is 0 Å². The van der Waals surface area contributed by atoms with Crippen molar-refractivity contribution in [3.63, 3.8) is 0 Å². The molecule has 1 aromatic carbocycles. The van der Waals surface area contributed by atoms with Gasteiger partial charge in [0.15, 0.2) is 0 Å². The zero-order valence-electron chi connectivity index (χ0n) is 12.0. The molecular formula is C16H24O3. The first-order valence-corrected chi connectivity index (χ1v) is 6.60. The van der Waals surface area contributed by atoms with E-state index >= 15 is 0 Å². The highest BCUT2D eigenvalue weighted by Crippen LogP contribution is 2.21. The lowest BCUT2D eigenvalue weighted by molar-refractivity contribution is -0.0372. The van der Waals surface area contributed by atoms with Crippen molar-refractivity contribution in [2.75, 3.05) is 20.5 Å². The average Bonchev–Trinajstić information content (AvgIpc) is 2.39. The molecule has 106 valence electrons. The van der Waals surface area contributed by atoms with Crippen LogP contribution in [0.15, 0.2) is 42.0 Å². The van der Waals surface area contributed by atoms with E-state index in [9.17, 15) is 5.11 Å².